The number of hydrogen-bond acceptors (Lipinski definition) is 8. The zero-order chi connectivity index (χ0) is 22.3. The van der Waals surface area contributed by atoms with E-state index in [1.54, 1.807) is 64.5 Å². The van der Waals surface area contributed by atoms with Gasteiger partial charge in [0.25, 0.3) is 0 Å². The molecule has 9 heteroatoms. The molecule has 1 heterocycles. The van der Waals surface area contributed by atoms with Crippen LogP contribution in [0.25, 0.3) is 5.31 Å². The predicted octanol–water partition coefficient (Wildman–Crippen LogP) is 5.26. The first-order chi connectivity index (χ1) is 14.2. The normalized spacial score (nSPS) is 12.3. The van der Waals surface area contributed by atoms with Crippen LogP contribution < -0.4 is 14.8 Å². The van der Waals surface area contributed by atoms with Gasteiger partial charge in [-0.1, -0.05) is 0 Å². The van der Waals surface area contributed by atoms with E-state index < -0.39 is 7.60 Å². The van der Waals surface area contributed by atoms with Gasteiger partial charge in [-0.25, -0.2) is 0 Å². The van der Waals surface area contributed by atoms with Crippen LogP contribution in [0.3, 0.4) is 0 Å². The van der Waals surface area contributed by atoms with Crippen LogP contribution in [0.15, 0.2) is 42.9 Å². The Hall–Kier alpha value is -2.54. The Bertz CT molecular complexity index is 876. The quantitative estimate of drug-likeness (QED) is 0.487. The molecule has 0 aliphatic rings. The van der Waals surface area contributed by atoms with Gasteiger partial charge in [0.2, 0.25) is 5.75 Å². The average Bonchev–Trinajstić information content (AvgIpc) is 2.68. The molecule has 2 N–H and O–H groups in total. The fourth-order valence-corrected chi connectivity index (χ4v) is 4.71. The van der Waals surface area contributed by atoms with Crippen molar-refractivity contribution >= 4 is 18.6 Å². The molecule has 0 spiro atoms. The molecule has 2 rings (SSSR count). The van der Waals surface area contributed by atoms with Gasteiger partial charge >= 0.3 is 7.60 Å². The zero-order valence-electron chi connectivity index (χ0n) is 18.1. The molecule has 8 nitrogen and oxygen atoms in total. The Balaban J connectivity index is 2.67. The molecule has 0 aliphatic carbocycles. The van der Waals surface area contributed by atoms with Crippen molar-refractivity contribution in [3.05, 3.63) is 48.4 Å². The molecular weight excluding hydrogens is 407 g/mol. The van der Waals surface area contributed by atoms with Crippen molar-refractivity contribution in [3.8, 4) is 17.2 Å². The van der Waals surface area contributed by atoms with Gasteiger partial charge in [0.05, 0.1) is 43.6 Å². The SMILES string of the molecule is COc1cc(/C(=C\Nc2cccnc2)P(=O)(OC(C)C)OC(C)C)cc(OC)c1O. The average molecular weight is 436 g/mol. The highest BCUT2D eigenvalue weighted by Gasteiger charge is 2.35. The fourth-order valence-electron chi connectivity index (χ4n) is 2.66. The molecule has 0 aliphatic heterocycles. The molecule has 0 saturated heterocycles. The number of aromatic hydroxyl groups is 1. The molecule has 0 amide bonds. The number of anilines is 1. The van der Waals surface area contributed by atoms with Crippen LogP contribution in [0.2, 0.25) is 0 Å². The van der Waals surface area contributed by atoms with E-state index in [2.05, 4.69) is 10.3 Å². The summed E-state index contributed by atoms with van der Waals surface area (Å²) in [5.74, 6) is 0.169. The smallest absolute Gasteiger partial charge is 0.363 e. The molecule has 0 bridgehead atoms. The van der Waals surface area contributed by atoms with E-state index in [0.29, 0.717) is 11.3 Å². The van der Waals surface area contributed by atoms with Crippen LogP contribution in [0.5, 0.6) is 17.2 Å². The molecule has 0 unspecified atom stereocenters. The van der Waals surface area contributed by atoms with Crippen molar-refractivity contribution in [1.29, 1.82) is 0 Å². The van der Waals surface area contributed by atoms with Gasteiger partial charge in [0, 0.05) is 12.4 Å². The lowest BCUT2D eigenvalue weighted by atomic mass is 10.1. The molecule has 30 heavy (non-hydrogen) atoms. The van der Waals surface area contributed by atoms with E-state index >= 15 is 0 Å². The lowest BCUT2D eigenvalue weighted by Crippen LogP contribution is -2.10. The van der Waals surface area contributed by atoms with E-state index in [1.807, 2.05) is 6.07 Å². The fraction of sp³-hybridized carbons (Fsp3) is 0.381. The summed E-state index contributed by atoms with van der Waals surface area (Å²) in [6.45, 7) is 7.11. The molecule has 0 radical (unpaired) electrons. The number of pyridine rings is 1. The van der Waals surface area contributed by atoms with Crippen LogP contribution in [0, 0.1) is 0 Å². The topological polar surface area (TPSA) is 99.1 Å². The second-order valence-corrected chi connectivity index (χ2v) is 8.85. The Morgan fingerprint density at radius 3 is 2.10 bits per heavy atom. The Morgan fingerprint density at radius 2 is 1.67 bits per heavy atom. The number of hydrogen-bond donors (Lipinski definition) is 2. The van der Waals surface area contributed by atoms with Crippen molar-refractivity contribution < 1.29 is 28.2 Å². The summed E-state index contributed by atoms with van der Waals surface area (Å²) < 4.78 is 36.0. The summed E-state index contributed by atoms with van der Waals surface area (Å²) >= 11 is 0. The van der Waals surface area contributed by atoms with E-state index in [1.165, 1.54) is 14.2 Å². The second kappa shape index (κ2) is 10.5. The number of benzene rings is 1. The molecule has 0 atom stereocenters. The van der Waals surface area contributed by atoms with Crippen molar-refractivity contribution in [2.45, 2.75) is 39.9 Å². The first kappa shape index (κ1) is 23.7. The Labute approximate surface area is 177 Å². The van der Waals surface area contributed by atoms with Gasteiger partial charge in [-0.2, -0.15) is 0 Å². The number of rotatable bonds is 10. The minimum atomic E-state index is -3.79. The van der Waals surface area contributed by atoms with Gasteiger partial charge in [0.1, 0.15) is 0 Å². The first-order valence-corrected chi connectivity index (χ1v) is 11.0. The number of nitrogens with one attached hydrogen (secondary N) is 1. The summed E-state index contributed by atoms with van der Waals surface area (Å²) in [7, 11) is -0.949. The summed E-state index contributed by atoms with van der Waals surface area (Å²) in [5, 5.41) is 13.6. The van der Waals surface area contributed by atoms with Crippen molar-refractivity contribution in [2.75, 3.05) is 19.5 Å². The summed E-state index contributed by atoms with van der Waals surface area (Å²) in [6.07, 6.45) is 4.10. The maximum Gasteiger partial charge on any atom is 0.363 e. The van der Waals surface area contributed by atoms with Crippen LogP contribution in [-0.2, 0) is 13.6 Å². The molecule has 164 valence electrons. The van der Waals surface area contributed by atoms with E-state index in [0.717, 1.165) is 0 Å². The van der Waals surface area contributed by atoms with Crippen LogP contribution in [0.4, 0.5) is 5.69 Å². The summed E-state index contributed by atoms with van der Waals surface area (Å²) in [5.41, 5.74) is 1.14. The number of phenols is 1. The third kappa shape index (κ3) is 5.98. The minimum absolute atomic E-state index is 0.160. The molecular formula is C21H29N2O6P. The van der Waals surface area contributed by atoms with Crippen molar-refractivity contribution in [2.24, 2.45) is 0 Å². The van der Waals surface area contributed by atoms with E-state index in [4.69, 9.17) is 18.5 Å². The highest BCUT2D eigenvalue weighted by atomic mass is 31.2. The number of ether oxygens (including phenoxy) is 2. The molecule has 0 fully saturated rings. The predicted molar refractivity (Wildman–Crippen MR) is 117 cm³/mol. The Kier molecular flexibility index (Phi) is 8.29. The minimum Gasteiger partial charge on any atom is -0.502 e. The number of nitrogens with zero attached hydrogens (tertiary/aromatic N) is 1. The van der Waals surface area contributed by atoms with Gasteiger partial charge in [-0.3, -0.25) is 9.55 Å². The Morgan fingerprint density at radius 1 is 1.10 bits per heavy atom. The maximum atomic E-state index is 13.9. The van der Waals surface area contributed by atoms with Gasteiger partial charge in [0.15, 0.2) is 11.5 Å². The first-order valence-electron chi connectivity index (χ1n) is 9.49. The number of phenolic OH excluding ortho intramolecular Hbond substituents is 1. The zero-order valence-corrected chi connectivity index (χ0v) is 19.0. The highest BCUT2D eigenvalue weighted by Crippen LogP contribution is 2.62. The third-order valence-corrected chi connectivity index (χ3v) is 6.18. The molecule has 1 aromatic heterocycles. The number of aromatic nitrogens is 1. The second-order valence-electron chi connectivity index (χ2n) is 6.95. The number of methoxy groups -OCH3 is 2. The van der Waals surface area contributed by atoms with E-state index in [-0.39, 0.29) is 34.8 Å². The maximum absolute atomic E-state index is 13.9. The highest BCUT2D eigenvalue weighted by molar-refractivity contribution is 7.65. The molecule has 1 aromatic carbocycles. The van der Waals surface area contributed by atoms with Crippen molar-refractivity contribution in [3.63, 3.8) is 0 Å². The van der Waals surface area contributed by atoms with Crippen molar-refractivity contribution in [1.82, 2.24) is 4.98 Å². The van der Waals surface area contributed by atoms with Crippen LogP contribution in [0.1, 0.15) is 33.3 Å². The third-order valence-electron chi connectivity index (χ3n) is 3.81. The monoisotopic (exact) mass is 436 g/mol. The lowest BCUT2D eigenvalue weighted by molar-refractivity contribution is 0.150. The molecule has 0 saturated carbocycles. The lowest BCUT2D eigenvalue weighted by Gasteiger charge is -2.26. The van der Waals surface area contributed by atoms with Gasteiger partial charge < -0.3 is 28.9 Å². The summed E-state index contributed by atoms with van der Waals surface area (Å²) in [4.78, 5) is 4.06. The van der Waals surface area contributed by atoms with Crippen LogP contribution in [-0.4, -0.2) is 36.5 Å². The van der Waals surface area contributed by atoms with Crippen LogP contribution >= 0.6 is 7.60 Å². The largest absolute Gasteiger partial charge is 0.502 e. The van der Waals surface area contributed by atoms with Gasteiger partial charge in [-0.15, -0.1) is 0 Å². The van der Waals surface area contributed by atoms with E-state index in [9.17, 15) is 9.67 Å². The molecule has 2 aromatic rings. The van der Waals surface area contributed by atoms with Gasteiger partial charge in [-0.05, 0) is 57.5 Å². The standard InChI is InChI=1S/C21H29N2O6P/c1-14(2)28-30(25,29-15(3)4)20(13-23-17-8-7-9-22-12-17)16-10-18(26-5)21(24)19(11-16)27-6/h7-15,23-24H,1-6H3/b20-13+. The summed E-state index contributed by atoms with van der Waals surface area (Å²) in [6, 6.07) is 6.69.